The molecule has 2 rings (SSSR count). The smallest absolute Gasteiger partial charge is 0.272 e. The normalized spacial score (nSPS) is 11.0. The highest BCUT2D eigenvalue weighted by Crippen LogP contribution is 2.25. The van der Waals surface area contributed by atoms with Crippen LogP contribution in [0.2, 0.25) is 5.02 Å². The summed E-state index contributed by atoms with van der Waals surface area (Å²) in [4.78, 5) is 11.9. The molecule has 0 unspecified atom stereocenters. The Bertz CT molecular complexity index is 664. The first-order valence-electron chi connectivity index (χ1n) is 5.52. The van der Waals surface area contributed by atoms with Crippen molar-refractivity contribution in [3.63, 3.8) is 0 Å². The number of rotatable bonds is 3. The van der Waals surface area contributed by atoms with Gasteiger partial charge >= 0.3 is 0 Å². The molecule has 0 bridgehead atoms. The first-order valence-corrected chi connectivity index (χ1v) is 7.48. The molecule has 0 aliphatic rings. The molecule has 0 aliphatic carbocycles. The molecule has 4 nitrogen and oxygen atoms in total. The molecular weight excluding hydrogens is 411 g/mol. The summed E-state index contributed by atoms with van der Waals surface area (Å²) in [5.74, 6) is 0.120. The van der Waals surface area contributed by atoms with Gasteiger partial charge in [0.15, 0.2) is 4.67 Å². The maximum Gasteiger partial charge on any atom is 0.272 e. The zero-order chi connectivity index (χ0) is 14.7. The molecule has 2 aromatic rings. The minimum atomic E-state index is -0.379. The Hall–Kier alpha value is -1.11. The van der Waals surface area contributed by atoms with Gasteiger partial charge < -0.3 is 4.42 Å². The molecule has 7 heteroatoms. The summed E-state index contributed by atoms with van der Waals surface area (Å²) < 4.78 is 6.62. The van der Waals surface area contributed by atoms with Gasteiger partial charge in [0.05, 0.1) is 21.3 Å². The van der Waals surface area contributed by atoms with Crippen molar-refractivity contribution >= 4 is 55.6 Å². The number of nitrogens with zero attached hydrogens (tertiary/aromatic N) is 1. The lowest BCUT2D eigenvalue weighted by atomic mass is 10.1. The third-order valence-corrected chi connectivity index (χ3v) is 4.41. The molecule has 0 saturated heterocycles. The Morgan fingerprint density at radius 1 is 1.40 bits per heavy atom. The third kappa shape index (κ3) is 3.71. The van der Waals surface area contributed by atoms with Crippen LogP contribution in [0.4, 0.5) is 0 Å². The van der Waals surface area contributed by atoms with E-state index in [1.165, 1.54) is 6.21 Å². The van der Waals surface area contributed by atoms with Crippen molar-refractivity contribution in [2.24, 2.45) is 5.10 Å². The van der Waals surface area contributed by atoms with E-state index in [1.807, 2.05) is 13.0 Å². The number of amides is 1. The molecule has 0 saturated carbocycles. The molecule has 0 fully saturated rings. The second-order valence-electron chi connectivity index (χ2n) is 3.95. The topological polar surface area (TPSA) is 54.6 Å². The maximum absolute atomic E-state index is 11.9. The number of carbonyl (C=O) groups excluding carboxylic acids is 1. The molecule has 20 heavy (non-hydrogen) atoms. The van der Waals surface area contributed by atoms with Gasteiger partial charge in [-0.2, -0.15) is 5.10 Å². The van der Waals surface area contributed by atoms with Crippen molar-refractivity contribution in [2.75, 3.05) is 0 Å². The summed E-state index contributed by atoms with van der Waals surface area (Å²) in [6.45, 7) is 1.90. The van der Waals surface area contributed by atoms with Gasteiger partial charge in [-0.15, -0.1) is 0 Å². The molecule has 0 atom stereocenters. The van der Waals surface area contributed by atoms with Crippen LogP contribution in [0.15, 0.2) is 42.9 Å². The van der Waals surface area contributed by atoms with Gasteiger partial charge in [-0.1, -0.05) is 17.7 Å². The van der Waals surface area contributed by atoms with E-state index in [1.54, 1.807) is 18.2 Å². The molecular formula is C13H9Br2ClN2O2. The highest BCUT2D eigenvalue weighted by molar-refractivity contribution is 9.13. The van der Waals surface area contributed by atoms with Crippen LogP contribution in [0.5, 0.6) is 0 Å². The highest BCUT2D eigenvalue weighted by Gasteiger charge is 2.09. The highest BCUT2D eigenvalue weighted by atomic mass is 79.9. The third-order valence-electron chi connectivity index (χ3n) is 2.39. The Morgan fingerprint density at radius 3 is 2.75 bits per heavy atom. The summed E-state index contributed by atoms with van der Waals surface area (Å²) >= 11 is 12.5. The van der Waals surface area contributed by atoms with Crippen molar-refractivity contribution in [2.45, 2.75) is 6.92 Å². The number of aryl methyl sites for hydroxylation is 1. The zero-order valence-electron chi connectivity index (χ0n) is 10.3. The Labute approximate surface area is 137 Å². The van der Waals surface area contributed by atoms with E-state index in [0.717, 1.165) is 10.0 Å². The number of carbonyl (C=O) groups is 1. The standard InChI is InChI=1S/C13H9Br2ClN2O2/c1-7-2-3-9(11(16)4-7)13(19)18-17-6-8-5-10(14)12(15)20-8/h2-6H,1H3,(H,18,19)/b17-6-. The molecule has 1 heterocycles. The second-order valence-corrected chi connectivity index (χ2v) is 5.93. The van der Waals surface area contributed by atoms with Crippen LogP contribution in [0.1, 0.15) is 21.7 Å². The predicted molar refractivity (Wildman–Crippen MR) is 85.4 cm³/mol. The van der Waals surface area contributed by atoms with E-state index in [2.05, 4.69) is 42.4 Å². The largest absolute Gasteiger partial charge is 0.447 e. The van der Waals surface area contributed by atoms with Gasteiger partial charge in [0.2, 0.25) is 0 Å². The quantitative estimate of drug-likeness (QED) is 0.586. The number of hydrogen-bond acceptors (Lipinski definition) is 3. The number of halogens is 3. The number of hydrogen-bond donors (Lipinski definition) is 1. The Morgan fingerprint density at radius 2 is 2.15 bits per heavy atom. The van der Waals surface area contributed by atoms with Crippen molar-refractivity contribution in [3.05, 3.63) is 55.3 Å². The average molecular weight is 420 g/mol. The van der Waals surface area contributed by atoms with Gasteiger partial charge in [0.25, 0.3) is 5.91 Å². The van der Waals surface area contributed by atoms with Gasteiger partial charge in [-0.05, 0) is 56.5 Å². The summed E-state index contributed by atoms with van der Waals surface area (Å²) in [5, 5.41) is 4.21. The van der Waals surface area contributed by atoms with Gasteiger partial charge in [0.1, 0.15) is 5.76 Å². The molecule has 0 spiro atoms. The van der Waals surface area contributed by atoms with Crippen LogP contribution in [0, 0.1) is 6.92 Å². The zero-order valence-corrected chi connectivity index (χ0v) is 14.2. The van der Waals surface area contributed by atoms with Crippen molar-refractivity contribution in [3.8, 4) is 0 Å². The molecule has 1 aromatic heterocycles. The maximum atomic E-state index is 11.9. The predicted octanol–water partition coefficient (Wildman–Crippen LogP) is 4.53. The van der Waals surface area contributed by atoms with Crippen LogP contribution in [-0.2, 0) is 0 Å². The Balaban J connectivity index is 2.05. The Kier molecular flexibility index (Phi) is 5.01. The van der Waals surface area contributed by atoms with Crippen LogP contribution in [-0.4, -0.2) is 12.1 Å². The fourth-order valence-electron chi connectivity index (χ4n) is 1.45. The molecule has 0 radical (unpaired) electrons. The van der Waals surface area contributed by atoms with Crippen molar-refractivity contribution in [1.82, 2.24) is 5.43 Å². The lowest BCUT2D eigenvalue weighted by Crippen LogP contribution is -2.18. The van der Waals surface area contributed by atoms with Crippen LogP contribution in [0.3, 0.4) is 0 Å². The summed E-state index contributed by atoms with van der Waals surface area (Å²) in [6, 6.07) is 6.91. The first-order chi connectivity index (χ1) is 9.47. The van der Waals surface area contributed by atoms with Crippen LogP contribution >= 0.6 is 43.5 Å². The van der Waals surface area contributed by atoms with E-state index in [0.29, 0.717) is 21.0 Å². The van der Waals surface area contributed by atoms with E-state index in [-0.39, 0.29) is 5.91 Å². The number of hydrazone groups is 1. The molecule has 1 N–H and O–H groups in total. The van der Waals surface area contributed by atoms with Gasteiger partial charge in [-0.3, -0.25) is 4.79 Å². The van der Waals surface area contributed by atoms with Gasteiger partial charge in [-0.25, -0.2) is 5.43 Å². The van der Waals surface area contributed by atoms with Gasteiger partial charge in [0, 0.05) is 6.07 Å². The monoisotopic (exact) mass is 418 g/mol. The summed E-state index contributed by atoms with van der Waals surface area (Å²) in [7, 11) is 0. The van der Waals surface area contributed by atoms with E-state index in [4.69, 9.17) is 16.0 Å². The summed E-state index contributed by atoms with van der Waals surface area (Å²) in [5.41, 5.74) is 3.75. The SMILES string of the molecule is Cc1ccc(C(=O)N/N=C\c2cc(Br)c(Br)o2)c(Cl)c1. The van der Waals surface area contributed by atoms with E-state index >= 15 is 0 Å². The number of nitrogens with one attached hydrogen (secondary N) is 1. The second kappa shape index (κ2) is 6.56. The van der Waals surface area contributed by atoms with E-state index in [9.17, 15) is 4.79 Å². The fraction of sp³-hybridized carbons (Fsp3) is 0.0769. The lowest BCUT2D eigenvalue weighted by molar-refractivity contribution is 0.0955. The molecule has 1 amide bonds. The van der Waals surface area contributed by atoms with E-state index < -0.39 is 0 Å². The molecule has 0 aliphatic heterocycles. The number of benzene rings is 1. The summed E-state index contributed by atoms with van der Waals surface area (Å²) in [6.07, 6.45) is 1.40. The van der Waals surface area contributed by atoms with Crippen molar-refractivity contribution < 1.29 is 9.21 Å². The van der Waals surface area contributed by atoms with Crippen LogP contribution in [0.25, 0.3) is 0 Å². The lowest BCUT2D eigenvalue weighted by Gasteiger charge is -2.03. The molecule has 1 aromatic carbocycles. The van der Waals surface area contributed by atoms with Crippen molar-refractivity contribution in [1.29, 1.82) is 0 Å². The molecule has 104 valence electrons. The number of furan rings is 1. The van der Waals surface area contributed by atoms with Crippen LogP contribution < -0.4 is 5.43 Å². The average Bonchev–Trinajstić information content (AvgIpc) is 2.68. The fourth-order valence-corrected chi connectivity index (χ4v) is 2.37. The minimum absolute atomic E-state index is 0.372. The minimum Gasteiger partial charge on any atom is -0.447 e. The first kappa shape index (κ1) is 15.3.